The molecule has 1 aliphatic heterocycles. The first-order valence-corrected chi connectivity index (χ1v) is 6.48. The summed E-state index contributed by atoms with van der Waals surface area (Å²) in [6.07, 6.45) is -0.896. The largest absolute Gasteiger partial charge is 0.480 e. The normalized spacial score (nSPS) is 20.9. The lowest BCUT2D eigenvalue weighted by atomic mass is 10.2. The van der Waals surface area contributed by atoms with Gasteiger partial charge in [0.1, 0.15) is 6.04 Å². The van der Waals surface area contributed by atoms with Gasteiger partial charge in [0.2, 0.25) is 0 Å². The maximum atomic E-state index is 12.1. The van der Waals surface area contributed by atoms with Crippen molar-refractivity contribution in [3.8, 4) is 6.07 Å². The van der Waals surface area contributed by atoms with Gasteiger partial charge in [-0.05, 0) is 18.2 Å². The number of nitriles is 1. The first kappa shape index (κ1) is 15.1. The minimum absolute atomic E-state index is 0.0191. The van der Waals surface area contributed by atoms with Crippen LogP contribution in [-0.2, 0) is 4.79 Å². The SMILES string of the molecule is N#Cc1ccc(Cl)c(NC(=O)N2C[C@@H](O)C[C@H]2C(=O)O)c1. The molecule has 1 fully saturated rings. The Morgan fingerprint density at radius 1 is 1.48 bits per heavy atom. The van der Waals surface area contributed by atoms with Gasteiger partial charge in [-0.3, -0.25) is 0 Å². The third kappa shape index (κ3) is 3.24. The Balaban J connectivity index is 2.18. The highest BCUT2D eigenvalue weighted by atomic mass is 35.5. The van der Waals surface area contributed by atoms with Crippen LogP contribution >= 0.6 is 11.6 Å². The van der Waals surface area contributed by atoms with E-state index in [1.807, 2.05) is 6.07 Å². The van der Waals surface area contributed by atoms with Crippen LogP contribution in [0, 0.1) is 11.3 Å². The molecule has 21 heavy (non-hydrogen) atoms. The third-order valence-corrected chi connectivity index (χ3v) is 3.49. The number of anilines is 1. The monoisotopic (exact) mass is 309 g/mol. The van der Waals surface area contributed by atoms with Gasteiger partial charge in [0.25, 0.3) is 0 Å². The van der Waals surface area contributed by atoms with Gasteiger partial charge in [0, 0.05) is 13.0 Å². The van der Waals surface area contributed by atoms with Crippen molar-refractivity contribution in [2.45, 2.75) is 18.6 Å². The summed E-state index contributed by atoms with van der Waals surface area (Å²) in [5, 5.41) is 30.1. The van der Waals surface area contributed by atoms with Crippen LogP contribution < -0.4 is 5.32 Å². The summed E-state index contributed by atoms with van der Waals surface area (Å²) in [7, 11) is 0. The molecule has 1 saturated heterocycles. The number of carbonyl (C=O) groups is 2. The number of urea groups is 1. The summed E-state index contributed by atoms with van der Waals surface area (Å²) in [5.41, 5.74) is 0.525. The number of hydrogen-bond donors (Lipinski definition) is 3. The van der Waals surface area contributed by atoms with E-state index >= 15 is 0 Å². The van der Waals surface area contributed by atoms with Crippen LogP contribution in [0.25, 0.3) is 0 Å². The Kier molecular flexibility index (Phi) is 4.31. The molecular weight excluding hydrogens is 298 g/mol. The fraction of sp³-hybridized carbons (Fsp3) is 0.308. The number of likely N-dealkylation sites (tertiary alicyclic amines) is 1. The molecule has 2 amide bonds. The fourth-order valence-electron chi connectivity index (χ4n) is 2.15. The number of carboxylic acids is 1. The van der Waals surface area contributed by atoms with Crippen LogP contribution in [0.2, 0.25) is 5.02 Å². The topological polar surface area (TPSA) is 114 Å². The van der Waals surface area contributed by atoms with Gasteiger partial charge < -0.3 is 20.4 Å². The van der Waals surface area contributed by atoms with Crippen molar-refractivity contribution in [1.29, 1.82) is 5.26 Å². The number of nitrogens with zero attached hydrogens (tertiary/aromatic N) is 2. The van der Waals surface area contributed by atoms with E-state index in [-0.39, 0.29) is 23.7 Å². The highest BCUT2D eigenvalue weighted by Crippen LogP contribution is 2.25. The number of aliphatic hydroxyl groups is 1. The maximum Gasteiger partial charge on any atom is 0.326 e. The molecular formula is C13H12ClN3O4. The summed E-state index contributed by atoms with van der Waals surface area (Å²) in [4.78, 5) is 24.2. The second-order valence-electron chi connectivity index (χ2n) is 4.63. The molecule has 1 aliphatic rings. The van der Waals surface area contributed by atoms with Gasteiger partial charge in [0.15, 0.2) is 0 Å². The number of aliphatic hydroxyl groups excluding tert-OH is 1. The van der Waals surface area contributed by atoms with Crippen molar-refractivity contribution in [2.75, 3.05) is 11.9 Å². The van der Waals surface area contributed by atoms with Crippen molar-refractivity contribution in [2.24, 2.45) is 0 Å². The van der Waals surface area contributed by atoms with Gasteiger partial charge in [-0.15, -0.1) is 0 Å². The molecule has 1 aromatic carbocycles. The van der Waals surface area contributed by atoms with Crippen LogP contribution in [0.1, 0.15) is 12.0 Å². The van der Waals surface area contributed by atoms with Crippen molar-refractivity contribution in [1.82, 2.24) is 4.90 Å². The second kappa shape index (κ2) is 5.99. The lowest BCUT2D eigenvalue weighted by Gasteiger charge is -2.21. The van der Waals surface area contributed by atoms with Crippen molar-refractivity contribution >= 4 is 29.3 Å². The summed E-state index contributed by atoms with van der Waals surface area (Å²) >= 11 is 5.92. The second-order valence-corrected chi connectivity index (χ2v) is 5.04. The van der Waals surface area contributed by atoms with Crippen molar-refractivity contribution in [3.05, 3.63) is 28.8 Å². The quantitative estimate of drug-likeness (QED) is 0.761. The number of halogens is 1. The number of β-amino-alcohol motifs (C(OH)–C–C–N with tert-alkyl or cyclic N) is 1. The number of hydrogen-bond acceptors (Lipinski definition) is 4. The highest BCUT2D eigenvalue weighted by Gasteiger charge is 2.39. The molecule has 3 N–H and O–H groups in total. The van der Waals surface area contributed by atoms with Gasteiger partial charge >= 0.3 is 12.0 Å². The van der Waals surface area contributed by atoms with Gasteiger partial charge in [-0.1, -0.05) is 11.6 Å². The summed E-state index contributed by atoms with van der Waals surface area (Å²) in [6, 6.07) is 4.49. The van der Waals surface area contributed by atoms with Crippen molar-refractivity contribution < 1.29 is 19.8 Å². The number of aliphatic carboxylic acids is 1. The molecule has 0 spiro atoms. The molecule has 2 atom stereocenters. The molecule has 0 bridgehead atoms. The summed E-state index contributed by atoms with van der Waals surface area (Å²) < 4.78 is 0. The van der Waals surface area contributed by atoms with Crippen LogP contribution in [0.3, 0.4) is 0 Å². The number of nitrogens with one attached hydrogen (secondary N) is 1. The average Bonchev–Trinajstić information content (AvgIpc) is 2.83. The summed E-state index contributed by atoms with van der Waals surface area (Å²) in [5.74, 6) is -1.18. The zero-order valence-corrected chi connectivity index (χ0v) is 11.5. The van der Waals surface area contributed by atoms with E-state index in [4.69, 9.17) is 22.0 Å². The van der Waals surface area contributed by atoms with Crippen LogP contribution in [0.5, 0.6) is 0 Å². The molecule has 1 aromatic rings. The molecule has 110 valence electrons. The van der Waals surface area contributed by atoms with Crippen LogP contribution in [0.4, 0.5) is 10.5 Å². The fourth-order valence-corrected chi connectivity index (χ4v) is 2.31. The predicted molar refractivity (Wildman–Crippen MR) is 73.9 cm³/mol. The molecule has 2 rings (SSSR count). The van der Waals surface area contributed by atoms with Gasteiger partial charge in [-0.25, -0.2) is 9.59 Å². The number of rotatable bonds is 2. The molecule has 0 unspecified atom stereocenters. The molecule has 0 aromatic heterocycles. The van der Waals surface area contributed by atoms with E-state index in [0.717, 1.165) is 4.90 Å². The maximum absolute atomic E-state index is 12.1. The molecule has 0 saturated carbocycles. The van der Waals surface area contributed by atoms with E-state index < -0.39 is 24.1 Å². The van der Waals surface area contributed by atoms with Crippen LogP contribution in [0.15, 0.2) is 18.2 Å². The summed E-state index contributed by atoms with van der Waals surface area (Å²) in [6.45, 7) is -0.0711. The number of carboxylic acid groups (broad SMARTS) is 1. The minimum Gasteiger partial charge on any atom is -0.480 e. The Labute approximate surface area is 125 Å². The predicted octanol–water partition coefficient (Wildman–Crippen LogP) is 1.26. The Morgan fingerprint density at radius 3 is 2.81 bits per heavy atom. The Morgan fingerprint density at radius 2 is 2.19 bits per heavy atom. The smallest absolute Gasteiger partial charge is 0.326 e. The lowest BCUT2D eigenvalue weighted by molar-refractivity contribution is -0.141. The van der Waals surface area contributed by atoms with Gasteiger partial charge in [0.05, 0.1) is 28.4 Å². The third-order valence-electron chi connectivity index (χ3n) is 3.16. The number of benzene rings is 1. The molecule has 0 aliphatic carbocycles. The zero-order chi connectivity index (χ0) is 15.6. The highest BCUT2D eigenvalue weighted by molar-refractivity contribution is 6.33. The van der Waals surface area contributed by atoms with E-state index in [1.165, 1.54) is 18.2 Å². The zero-order valence-electron chi connectivity index (χ0n) is 10.8. The first-order chi connectivity index (χ1) is 9.92. The van der Waals surface area contributed by atoms with E-state index in [1.54, 1.807) is 0 Å². The number of carbonyl (C=O) groups excluding carboxylic acids is 1. The Hall–Kier alpha value is -2.30. The number of amides is 2. The minimum atomic E-state index is -1.18. The van der Waals surface area contributed by atoms with Crippen LogP contribution in [-0.4, -0.2) is 45.8 Å². The molecule has 7 nitrogen and oxygen atoms in total. The lowest BCUT2D eigenvalue weighted by Crippen LogP contribution is -2.43. The molecule has 1 heterocycles. The van der Waals surface area contributed by atoms with Crippen molar-refractivity contribution in [3.63, 3.8) is 0 Å². The molecule has 0 radical (unpaired) electrons. The standard InChI is InChI=1S/C13H12ClN3O4/c14-9-2-1-7(5-15)3-10(9)16-13(21)17-6-8(18)4-11(17)12(19)20/h1-3,8,11,18H,4,6H2,(H,16,21)(H,19,20)/t8-,11-/m0/s1. The van der Waals surface area contributed by atoms with E-state index in [0.29, 0.717) is 5.56 Å². The molecule has 8 heteroatoms. The average molecular weight is 310 g/mol. The first-order valence-electron chi connectivity index (χ1n) is 6.10. The van der Waals surface area contributed by atoms with E-state index in [2.05, 4.69) is 5.32 Å². The van der Waals surface area contributed by atoms with E-state index in [9.17, 15) is 14.7 Å². The Bertz CT molecular complexity index is 628. The van der Waals surface area contributed by atoms with Gasteiger partial charge in [-0.2, -0.15) is 5.26 Å².